The lowest BCUT2D eigenvalue weighted by atomic mass is 10.1. The van der Waals surface area contributed by atoms with E-state index >= 15 is 0 Å². The maximum Gasteiger partial charge on any atom is 0.338 e. The Morgan fingerprint density at radius 3 is 2.65 bits per heavy atom. The molecule has 3 rings (SSSR count). The van der Waals surface area contributed by atoms with Crippen LogP contribution in [0.5, 0.6) is 11.5 Å². The number of carbonyl (C=O) groups excluding carboxylic acids is 2. The molecule has 23 heavy (non-hydrogen) atoms. The van der Waals surface area contributed by atoms with Gasteiger partial charge in [0.05, 0.1) is 11.1 Å². The van der Waals surface area contributed by atoms with E-state index in [9.17, 15) is 18.4 Å². The van der Waals surface area contributed by atoms with Crippen molar-refractivity contribution in [2.24, 2.45) is 0 Å². The molecule has 0 spiro atoms. The minimum atomic E-state index is -0.879. The second-order valence-electron chi connectivity index (χ2n) is 4.69. The summed E-state index contributed by atoms with van der Waals surface area (Å²) in [7, 11) is 0. The Balaban J connectivity index is 1.67. The lowest BCUT2D eigenvalue weighted by Gasteiger charge is -2.06. The second-order valence-corrected chi connectivity index (χ2v) is 4.69. The standard InChI is InChI=1S/C16H10F2O5/c17-10-2-3-12(18)11(6-10)13(19)7-21-16(20)9-1-4-14-15(5-9)23-8-22-14/h1-6H,7-8H2. The lowest BCUT2D eigenvalue weighted by molar-refractivity contribution is 0.0473. The predicted octanol–water partition coefficient (Wildman–Crippen LogP) is 2.73. The van der Waals surface area contributed by atoms with Gasteiger partial charge in [-0.05, 0) is 36.4 Å². The third-order valence-electron chi connectivity index (χ3n) is 3.17. The van der Waals surface area contributed by atoms with Crippen LogP contribution in [-0.2, 0) is 4.74 Å². The molecule has 0 atom stereocenters. The molecule has 0 saturated carbocycles. The van der Waals surface area contributed by atoms with Gasteiger partial charge < -0.3 is 14.2 Å². The van der Waals surface area contributed by atoms with E-state index in [-0.39, 0.29) is 12.4 Å². The van der Waals surface area contributed by atoms with Crippen LogP contribution in [0.1, 0.15) is 20.7 Å². The Hall–Kier alpha value is -2.96. The fraction of sp³-hybridized carbons (Fsp3) is 0.125. The number of fused-ring (bicyclic) bond motifs is 1. The first-order valence-corrected chi connectivity index (χ1v) is 6.59. The Labute approximate surface area is 129 Å². The monoisotopic (exact) mass is 320 g/mol. The average molecular weight is 320 g/mol. The maximum absolute atomic E-state index is 13.5. The van der Waals surface area contributed by atoms with E-state index in [1.54, 1.807) is 0 Å². The topological polar surface area (TPSA) is 61.8 Å². The number of esters is 1. The van der Waals surface area contributed by atoms with Gasteiger partial charge in [-0.3, -0.25) is 4.79 Å². The van der Waals surface area contributed by atoms with Crippen LogP contribution < -0.4 is 9.47 Å². The summed E-state index contributed by atoms with van der Waals surface area (Å²) in [5.74, 6) is -2.36. The molecule has 7 heteroatoms. The van der Waals surface area contributed by atoms with E-state index in [0.29, 0.717) is 11.5 Å². The molecule has 0 bridgehead atoms. The van der Waals surface area contributed by atoms with Crippen molar-refractivity contribution >= 4 is 11.8 Å². The number of hydrogen-bond acceptors (Lipinski definition) is 5. The third kappa shape index (κ3) is 3.13. The quantitative estimate of drug-likeness (QED) is 0.640. The fourth-order valence-corrected chi connectivity index (χ4v) is 2.03. The Bertz CT molecular complexity index is 788. The summed E-state index contributed by atoms with van der Waals surface area (Å²) in [4.78, 5) is 23.7. The first-order valence-electron chi connectivity index (χ1n) is 6.59. The highest BCUT2D eigenvalue weighted by Crippen LogP contribution is 2.32. The van der Waals surface area contributed by atoms with Gasteiger partial charge in [0.2, 0.25) is 12.6 Å². The molecule has 0 amide bonds. The van der Waals surface area contributed by atoms with Crippen molar-refractivity contribution in [3.8, 4) is 11.5 Å². The van der Waals surface area contributed by atoms with Gasteiger partial charge in [0, 0.05) is 0 Å². The SMILES string of the molecule is O=C(OCC(=O)c1cc(F)ccc1F)c1ccc2c(c1)OCO2. The first kappa shape index (κ1) is 15.0. The second kappa shape index (κ2) is 6.04. The summed E-state index contributed by atoms with van der Waals surface area (Å²) < 4.78 is 41.6. The van der Waals surface area contributed by atoms with E-state index < -0.39 is 35.6 Å². The maximum atomic E-state index is 13.5. The van der Waals surface area contributed by atoms with Crippen molar-refractivity contribution in [2.45, 2.75) is 0 Å². The van der Waals surface area contributed by atoms with Gasteiger partial charge in [-0.1, -0.05) is 0 Å². The van der Waals surface area contributed by atoms with Gasteiger partial charge in [-0.25, -0.2) is 13.6 Å². The van der Waals surface area contributed by atoms with Crippen molar-refractivity contribution in [3.05, 3.63) is 59.2 Å². The van der Waals surface area contributed by atoms with Crippen LogP contribution in [-0.4, -0.2) is 25.2 Å². The van der Waals surface area contributed by atoms with Gasteiger partial charge >= 0.3 is 5.97 Å². The molecular formula is C16H10F2O5. The van der Waals surface area contributed by atoms with Crippen LogP contribution in [0.15, 0.2) is 36.4 Å². The van der Waals surface area contributed by atoms with E-state index in [0.717, 1.165) is 18.2 Å². The lowest BCUT2D eigenvalue weighted by Crippen LogP contribution is -2.15. The number of ketones is 1. The van der Waals surface area contributed by atoms with Crippen LogP contribution in [0.25, 0.3) is 0 Å². The highest BCUT2D eigenvalue weighted by Gasteiger charge is 2.19. The summed E-state index contributed by atoms with van der Waals surface area (Å²) in [6.07, 6.45) is 0. The molecule has 2 aromatic carbocycles. The number of Topliss-reactive ketones (excluding diaryl/α,β-unsaturated/α-hetero) is 1. The molecule has 2 aromatic rings. The van der Waals surface area contributed by atoms with Crippen molar-refractivity contribution in [1.82, 2.24) is 0 Å². The summed E-state index contributed by atoms with van der Waals surface area (Å²) in [6.45, 7) is -0.640. The molecule has 5 nitrogen and oxygen atoms in total. The fourth-order valence-electron chi connectivity index (χ4n) is 2.03. The smallest absolute Gasteiger partial charge is 0.338 e. The zero-order chi connectivity index (χ0) is 16.4. The Morgan fingerprint density at radius 1 is 1.04 bits per heavy atom. The first-order chi connectivity index (χ1) is 11.0. The van der Waals surface area contributed by atoms with Gasteiger partial charge in [0.1, 0.15) is 11.6 Å². The van der Waals surface area contributed by atoms with Crippen molar-refractivity contribution in [1.29, 1.82) is 0 Å². The largest absolute Gasteiger partial charge is 0.454 e. The van der Waals surface area contributed by atoms with Gasteiger partial charge in [-0.2, -0.15) is 0 Å². The van der Waals surface area contributed by atoms with Crippen LogP contribution in [0, 0.1) is 11.6 Å². The normalized spacial score (nSPS) is 12.1. The number of rotatable bonds is 4. The van der Waals surface area contributed by atoms with Crippen LogP contribution in [0.3, 0.4) is 0 Å². The van der Waals surface area contributed by atoms with E-state index in [1.807, 2.05) is 0 Å². The highest BCUT2D eigenvalue weighted by atomic mass is 19.1. The van der Waals surface area contributed by atoms with E-state index in [2.05, 4.69) is 0 Å². The number of carbonyl (C=O) groups is 2. The summed E-state index contributed by atoms with van der Waals surface area (Å²) >= 11 is 0. The van der Waals surface area contributed by atoms with E-state index in [1.165, 1.54) is 18.2 Å². The number of benzene rings is 2. The number of halogens is 2. The molecule has 1 aliphatic rings. The molecule has 0 fully saturated rings. The van der Waals surface area contributed by atoms with Gasteiger partial charge in [0.15, 0.2) is 18.1 Å². The molecule has 0 aromatic heterocycles. The molecule has 1 aliphatic heterocycles. The van der Waals surface area contributed by atoms with Crippen LogP contribution in [0.2, 0.25) is 0 Å². The molecule has 0 aliphatic carbocycles. The molecular weight excluding hydrogens is 310 g/mol. The van der Waals surface area contributed by atoms with Crippen LogP contribution >= 0.6 is 0 Å². The zero-order valence-electron chi connectivity index (χ0n) is 11.7. The average Bonchev–Trinajstić information content (AvgIpc) is 3.02. The Kier molecular flexibility index (Phi) is 3.92. The minimum absolute atomic E-state index is 0.0607. The molecule has 0 radical (unpaired) electrons. The number of hydrogen-bond donors (Lipinski definition) is 0. The molecule has 1 heterocycles. The van der Waals surface area contributed by atoms with Gasteiger partial charge in [-0.15, -0.1) is 0 Å². The number of ether oxygens (including phenoxy) is 3. The predicted molar refractivity (Wildman–Crippen MR) is 73.5 cm³/mol. The molecule has 0 saturated heterocycles. The summed E-state index contributed by atoms with van der Waals surface area (Å²) in [5.41, 5.74) is -0.315. The summed E-state index contributed by atoms with van der Waals surface area (Å²) in [6, 6.07) is 6.88. The van der Waals surface area contributed by atoms with Crippen LogP contribution in [0.4, 0.5) is 8.78 Å². The van der Waals surface area contributed by atoms with E-state index in [4.69, 9.17) is 14.2 Å². The minimum Gasteiger partial charge on any atom is -0.454 e. The summed E-state index contributed by atoms with van der Waals surface area (Å²) in [5, 5.41) is 0. The van der Waals surface area contributed by atoms with Gasteiger partial charge in [0.25, 0.3) is 0 Å². The molecule has 0 unspecified atom stereocenters. The zero-order valence-corrected chi connectivity index (χ0v) is 11.7. The molecule has 118 valence electrons. The van der Waals surface area contributed by atoms with Crippen molar-refractivity contribution in [3.63, 3.8) is 0 Å². The van der Waals surface area contributed by atoms with Crippen molar-refractivity contribution in [2.75, 3.05) is 13.4 Å². The third-order valence-corrected chi connectivity index (χ3v) is 3.17. The molecule has 0 N–H and O–H groups in total. The van der Waals surface area contributed by atoms with Crippen molar-refractivity contribution < 1.29 is 32.6 Å². The highest BCUT2D eigenvalue weighted by molar-refractivity contribution is 5.99. The Morgan fingerprint density at radius 2 is 1.83 bits per heavy atom.